The van der Waals surface area contributed by atoms with Crippen molar-refractivity contribution in [1.82, 2.24) is 10.2 Å². The molecule has 2 N–H and O–H groups in total. The van der Waals surface area contributed by atoms with E-state index in [1.807, 2.05) is 0 Å². The van der Waals surface area contributed by atoms with Crippen molar-refractivity contribution in [2.75, 3.05) is 31.5 Å². The molecule has 0 spiro atoms. The number of allylic oxidation sites excluding steroid dienone is 3. The van der Waals surface area contributed by atoms with E-state index in [1.165, 1.54) is 16.8 Å². The summed E-state index contributed by atoms with van der Waals surface area (Å²) in [7, 11) is 0. The minimum atomic E-state index is 0.0388. The highest BCUT2D eigenvalue weighted by atomic mass is 16.2. The van der Waals surface area contributed by atoms with Crippen LogP contribution in [0.3, 0.4) is 0 Å². The second-order valence-corrected chi connectivity index (χ2v) is 7.29. The topological polar surface area (TPSA) is 44.4 Å². The molecular weight excluding hydrogens is 322 g/mol. The third-order valence-electron chi connectivity index (χ3n) is 4.98. The molecule has 4 heteroatoms. The van der Waals surface area contributed by atoms with Gasteiger partial charge in [-0.15, -0.1) is 0 Å². The highest BCUT2D eigenvalue weighted by Crippen LogP contribution is 2.28. The molecule has 2 aliphatic heterocycles. The van der Waals surface area contributed by atoms with Crippen LogP contribution in [0.4, 0.5) is 5.69 Å². The number of hydrogen-bond donors (Lipinski definition) is 2. The summed E-state index contributed by atoms with van der Waals surface area (Å²) in [4.78, 5) is 15.0. The minimum absolute atomic E-state index is 0.0388. The summed E-state index contributed by atoms with van der Waals surface area (Å²) < 4.78 is 0. The highest BCUT2D eigenvalue weighted by molar-refractivity contribution is 5.94. The highest BCUT2D eigenvalue weighted by Gasteiger charge is 2.20. The zero-order valence-corrected chi connectivity index (χ0v) is 16.0. The Morgan fingerprint density at radius 1 is 1.35 bits per heavy atom. The molecule has 26 heavy (non-hydrogen) atoms. The number of para-hydroxylation sites is 1. The summed E-state index contributed by atoms with van der Waals surface area (Å²) in [5.74, 6) is 0.412. The average Bonchev–Trinajstić information content (AvgIpc) is 2.64. The van der Waals surface area contributed by atoms with Gasteiger partial charge >= 0.3 is 0 Å². The first-order valence-electron chi connectivity index (χ1n) is 9.47. The Kier molecular flexibility index (Phi) is 5.94. The molecule has 1 amide bonds. The summed E-state index contributed by atoms with van der Waals surface area (Å²) in [5.41, 5.74) is 5.78. The number of anilines is 1. The van der Waals surface area contributed by atoms with Gasteiger partial charge in [-0.25, -0.2) is 0 Å². The van der Waals surface area contributed by atoms with E-state index in [-0.39, 0.29) is 5.91 Å². The van der Waals surface area contributed by atoms with Crippen LogP contribution in [0.1, 0.15) is 37.3 Å². The van der Waals surface area contributed by atoms with Gasteiger partial charge in [0.15, 0.2) is 0 Å². The number of rotatable bonds is 5. The molecule has 138 valence electrons. The van der Waals surface area contributed by atoms with E-state index in [9.17, 15) is 4.79 Å². The van der Waals surface area contributed by atoms with Gasteiger partial charge in [0, 0.05) is 24.5 Å². The third-order valence-corrected chi connectivity index (χ3v) is 4.98. The van der Waals surface area contributed by atoms with Gasteiger partial charge in [-0.05, 0) is 48.6 Å². The molecule has 1 aromatic carbocycles. The number of aryl methyl sites for hydroxylation is 1. The van der Waals surface area contributed by atoms with Crippen molar-refractivity contribution >= 4 is 11.6 Å². The number of carbonyl (C=O) groups is 1. The van der Waals surface area contributed by atoms with Crippen LogP contribution in [-0.2, 0) is 4.79 Å². The van der Waals surface area contributed by atoms with E-state index in [1.54, 1.807) is 0 Å². The van der Waals surface area contributed by atoms with Gasteiger partial charge in [0.1, 0.15) is 0 Å². The molecule has 0 saturated carbocycles. The third kappa shape index (κ3) is 4.25. The number of hydrogen-bond acceptors (Lipinski definition) is 3. The first-order valence-corrected chi connectivity index (χ1v) is 9.47. The smallest absolute Gasteiger partial charge is 0.243 e. The first-order chi connectivity index (χ1) is 12.6. The maximum Gasteiger partial charge on any atom is 0.243 e. The van der Waals surface area contributed by atoms with Crippen LogP contribution in [0.25, 0.3) is 0 Å². The van der Waals surface area contributed by atoms with Crippen molar-refractivity contribution in [3.63, 3.8) is 0 Å². The second-order valence-electron chi connectivity index (χ2n) is 7.29. The summed E-state index contributed by atoms with van der Waals surface area (Å²) >= 11 is 0. The molecular formula is C22H29N3O. The molecule has 2 heterocycles. The van der Waals surface area contributed by atoms with E-state index in [4.69, 9.17) is 0 Å². The lowest BCUT2D eigenvalue weighted by molar-refractivity contribution is -0.116. The van der Waals surface area contributed by atoms with Crippen molar-refractivity contribution in [2.45, 2.75) is 33.1 Å². The Hall–Kier alpha value is -2.33. The fourth-order valence-electron chi connectivity index (χ4n) is 3.56. The summed E-state index contributed by atoms with van der Waals surface area (Å²) in [6, 6.07) is 6.21. The molecule has 0 unspecified atom stereocenters. The zero-order chi connectivity index (χ0) is 18.5. The second kappa shape index (κ2) is 8.37. The average molecular weight is 351 g/mol. The lowest BCUT2D eigenvalue weighted by Gasteiger charge is -2.31. The zero-order valence-electron chi connectivity index (χ0n) is 16.0. The number of carbonyl (C=O) groups excluding carboxylic acids is 1. The molecule has 0 radical (unpaired) electrons. The van der Waals surface area contributed by atoms with Gasteiger partial charge in [0.25, 0.3) is 0 Å². The molecule has 1 aromatic rings. The van der Waals surface area contributed by atoms with Gasteiger partial charge in [-0.2, -0.15) is 0 Å². The normalized spacial score (nSPS) is 17.2. The monoisotopic (exact) mass is 351 g/mol. The van der Waals surface area contributed by atoms with Crippen LogP contribution in [-0.4, -0.2) is 37.0 Å². The minimum Gasteiger partial charge on any atom is -0.358 e. The molecule has 0 aliphatic carbocycles. The van der Waals surface area contributed by atoms with E-state index in [0.29, 0.717) is 12.5 Å². The van der Waals surface area contributed by atoms with E-state index >= 15 is 0 Å². The van der Waals surface area contributed by atoms with E-state index in [2.05, 4.69) is 78.8 Å². The molecule has 0 bridgehead atoms. The Morgan fingerprint density at radius 3 is 2.92 bits per heavy atom. The van der Waals surface area contributed by atoms with Crippen LogP contribution < -0.4 is 10.6 Å². The Morgan fingerprint density at radius 2 is 2.19 bits per heavy atom. The van der Waals surface area contributed by atoms with Crippen molar-refractivity contribution in [3.8, 4) is 0 Å². The fraction of sp³-hybridized carbons (Fsp3) is 0.409. The maximum absolute atomic E-state index is 12.8. The lowest BCUT2D eigenvalue weighted by atomic mass is 9.98. The molecule has 3 rings (SSSR count). The van der Waals surface area contributed by atoms with Crippen LogP contribution in [0.5, 0.6) is 0 Å². The molecule has 0 atom stereocenters. The van der Waals surface area contributed by atoms with E-state index < -0.39 is 0 Å². The van der Waals surface area contributed by atoms with Gasteiger partial charge in [0.2, 0.25) is 5.91 Å². The molecule has 4 nitrogen and oxygen atoms in total. The van der Waals surface area contributed by atoms with Crippen LogP contribution in [0, 0.1) is 6.92 Å². The van der Waals surface area contributed by atoms with Crippen LogP contribution in [0.2, 0.25) is 0 Å². The number of nitrogens with one attached hydrogen (secondary N) is 2. The van der Waals surface area contributed by atoms with Gasteiger partial charge in [0.05, 0.1) is 6.54 Å². The summed E-state index contributed by atoms with van der Waals surface area (Å²) in [6.07, 6.45) is 9.56. The van der Waals surface area contributed by atoms with E-state index in [0.717, 1.165) is 37.3 Å². The van der Waals surface area contributed by atoms with Gasteiger partial charge in [-0.1, -0.05) is 50.3 Å². The number of nitrogens with zero attached hydrogens (tertiary/aromatic N) is 1. The standard InChI is InChI=1S/C22H29N3O/c1-16(2)19-8-6-7-17(3)22(19)24-21(26)15-25-14-5-4-9-20(25)18-10-12-23-13-11-18/h4-10,16,23H,11-15H2,1-3H3,(H,24,26). The van der Waals surface area contributed by atoms with Crippen molar-refractivity contribution in [1.29, 1.82) is 0 Å². The Balaban J connectivity index is 1.73. The Bertz CT molecular complexity index is 759. The predicted molar refractivity (Wildman–Crippen MR) is 108 cm³/mol. The van der Waals surface area contributed by atoms with Gasteiger partial charge in [-0.3, -0.25) is 4.79 Å². The van der Waals surface area contributed by atoms with Crippen molar-refractivity contribution < 1.29 is 4.79 Å². The lowest BCUT2D eigenvalue weighted by Crippen LogP contribution is -2.36. The first kappa shape index (κ1) is 18.5. The molecule has 0 aromatic heterocycles. The predicted octanol–water partition coefficient (Wildman–Crippen LogP) is 3.73. The largest absolute Gasteiger partial charge is 0.358 e. The maximum atomic E-state index is 12.8. The number of amides is 1. The SMILES string of the molecule is Cc1cccc(C(C)C)c1NC(=O)CN1CC=CC=C1C1=CCNCC1. The summed E-state index contributed by atoms with van der Waals surface area (Å²) in [5, 5.41) is 6.51. The fourth-order valence-corrected chi connectivity index (χ4v) is 3.56. The van der Waals surface area contributed by atoms with Gasteiger partial charge < -0.3 is 15.5 Å². The summed E-state index contributed by atoms with van der Waals surface area (Å²) in [6.45, 7) is 9.40. The number of benzene rings is 1. The van der Waals surface area contributed by atoms with Crippen molar-refractivity contribution in [3.05, 3.63) is 64.9 Å². The molecule has 2 aliphatic rings. The molecule has 0 fully saturated rings. The molecule has 0 saturated heterocycles. The Labute approximate surface area is 156 Å². The van der Waals surface area contributed by atoms with Crippen LogP contribution in [0.15, 0.2) is 53.8 Å². The van der Waals surface area contributed by atoms with Crippen LogP contribution >= 0.6 is 0 Å². The quantitative estimate of drug-likeness (QED) is 0.849. The van der Waals surface area contributed by atoms with Crippen molar-refractivity contribution in [2.24, 2.45) is 0 Å².